The Kier molecular flexibility index (Phi) is 5.80. The van der Waals surface area contributed by atoms with Gasteiger partial charge in [0.25, 0.3) is 0 Å². The van der Waals surface area contributed by atoms with Crippen LogP contribution < -0.4 is 0 Å². The van der Waals surface area contributed by atoms with E-state index in [4.69, 9.17) is 0 Å². The van der Waals surface area contributed by atoms with Gasteiger partial charge in [0.15, 0.2) is 0 Å². The first-order chi connectivity index (χ1) is 13.3. The van der Waals surface area contributed by atoms with Gasteiger partial charge in [0.1, 0.15) is 0 Å². The predicted octanol–water partition coefficient (Wildman–Crippen LogP) is 7.39. The second-order valence-corrected chi connectivity index (χ2v) is 12.2. The molecule has 3 fully saturated rings. The summed E-state index contributed by atoms with van der Waals surface area (Å²) >= 11 is 0. The van der Waals surface area contributed by atoms with E-state index in [1.54, 1.807) is 5.57 Å². The highest BCUT2D eigenvalue weighted by atomic mass is 16.3. The molecule has 0 aliphatic heterocycles. The summed E-state index contributed by atoms with van der Waals surface area (Å²) in [6, 6.07) is 0. The fourth-order valence-corrected chi connectivity index (χ4v) is 8.67. The van der Waals surface area contributed by atoms with Gasteiger partial charge in [-0.2, -0.15) is 0 Å². The maximum Gasteiger partial charge on any atom is 0.0577 e. The van der Waals surface area contributed by atoms with Crippen LogP contribution in [0.15, 0.2) is 11.6 Å². The van der Waals surface area contributed by atoms with E-state index in [0.717, 1.165) is 48.3 Å². The Hall–Kier alpha value is -0.300. The monoisotopic (exact) mass is 386 g/mol. The predicted molar refractivity (Wildman–Crippen MR) is 119 cm³/mol. The van der Waals surface area contributed by atoms with Crippen molar-refractivity contribution in [3.05, 3.63) is 11.6 Å². The fourth-order valence-electron chi connectivity index (χ4n) is 8.67. The molecule has 28 heavy (non-hydrogen) atoms. The van der Waals surface area contributed by atoms with Crippen molar-refractivity contribution < 1.29 is 5.11 Å². The van der Waals surface area contributed by atoms with Crippen LogP contribution in [-0.4, -0.2) is 11.2 Å². The number of hydrogen-bond donors (Lipinski definition) is 1. The fraction of sp³-hybridized carbons (Fsp3) is 0.926. The van der Waals surface area contributed by atoms with Crippen LogP contribution in [-0.2, 0) is 0 Å². The molecule has 160 valence electrons. The first kappa shape index (κ1) is 21.0. The van der Waals surface area contributed by atoms with Crippen molar-refractivity contribution in [2.75, 3.05) is 0 Å². The number of hydrogen-bond acceptors (Lipinski definition) is 1. The second-order valence-electron chi connectivity index (χ2n) is 12.2. The zero-order valence-electron chi connectivity index (χ0n) is 19.3. The third kappa shape index (κ3) is 3.42. The van der Waals surface area contributed by atoms with Crippen LogP contribution in [0.25, 0.3) is 0 Å². The van der Waals surface area contributed by atoms with Gasteiger partial charge in [0.05, 0.1) is 6.10 Å². The van der Waals surface area contributed by atoms with Crippen molar-refractivity contribution in [2.45, 2.75) is 111 Å². The van der Waals surface area contributed by atoms with Crippen LogP contribution in [0, 0.1) is 46.3 Å². The molecule has 4 rings (SSSR count). The lowest BCUT2D eigenvalue weighted by Crippen LogP contribution is -2.50. The quantitative estimate of drug-likeness (QED) is 0.488. The molecule has 0 aromatic carbocycles. The topological polar surface area (TPSA) is 20.2 Å². The van der Waals surface area contributed by atoms with Gasteiger partial charge >= 0.3 is 0 Å². The average molecular weight is 387 g/mol. The molecule has 0 radical (unpaired) electrons. The minimum absolute atomic E-state index is 0.0766. The highest BCUT2D eigenvalue weighted by Crippen LogP contribution is 2.67. The molecule has 3 saturated carbocycles. The highest BCUT2D eigenvalue weighted by molar-refractivity contribution is 5.25. The lowest BCUT2D eigenvalue weighted by molar-refractivity contribution is -0.0573. The molecule has 1 N–H and O–H groups in total. The summed E-state index contributed by atoms with van der Waals surface area (Å²) in [5, 5.41) is 10.2. The molecule has 0 heterocycles. The van der Waals surface area contributed by atoms with Crippen LogP contribution in [0.4, 0.5) is 0 Å². The van der Waals surface area contributed by atoms with Crippen LogP contribution >= 0.6 is 0 Å². The first-order valence-electron chi connectivity index (χ1n) is 12.6. The molecule has 0 aromatic rings. The number of aliphatic hydroxyl groups excluding tert-OH is 1. The summed E-state index contributed by atoms with van der Waals surface area (Å²) in [5.41, 5.74) is 2.60. The molecule has 1 nitrogen and oxygen atoms in total. The van der Waals surface area contributed by atoms with E-state index in [-0.39, 0.29) is 6.10 Å². The van der Waals surface area contributed by atoms with E-state index in [2.05, 4.69) is 40.7 Å². The smallest absolute Gasteiger partial charge is 0.0577 e. The lowest BCUT2D eigenvalue weighted by Gasteiger charge is -2.58. The summed E-state index contributed by atoms with van der Waals surface area (Å²) in [7, 11) is 0. The van der Waals surface area contributed by atoms with Gasteiger partial charge in [-0.1, -0.05) is 65.5 Å². The van der Waals surface area contributed by atoms with Crippen LogP contribution in [0.3, 0.4) is 0 Å². The van der Waals surface area contributed by atoms with Crippen molar-refractivity contribution in [2.24, 2.45) is 46.3 Å². The van der Waals surface area contributed by atoms with Crippen molar-refractivity contribution in [1.82, 2.24) is 0 Å². The van der Waals surface area contributed by atoms with Gasteiger partial charge in [-0.05, 0) is 97.7 Å². The maximum absolute atomic E-state index is 10.2. The van der Waals surface area contributed by atoms with E-state index in [1.807, 2.05) is 0 Å². The summed E-state index contributed by atoms with van der Waals surface area (Å²) in [4.78, 5) is 0. The molecule has 8 atom stereocenters. The molecule has 0 amide bonds. The molecule has 0 spiro atoms. The SMILES string of the molecule is CC(C)CCC[C@@H](C)[C@H]1CC[C@H]2C3CC=C4C[C@@H](O)CCC4(C)[C@H]3CCC12C. The van der Waals surface area contributed by atoms with Gasteiger partial charge in [-0.15, -0.1) is 0 Å². The molecule has 3 unspecified atom stereocenters. The molecular weight excluding hydrogens is 340 g/mol. The summed E-state index contributed by atoms with van der Waals surface area (Å²) in [5.74, 6) is 5.46. The van der Waals surface area contributed by atoms with Crippen LogP contribution in [0.1, 0.15) is 105 Å². The van der Waals surface area contributed by atoms with E-state index in [1.165, 1.54) is 57.8 Å². The standard InChI is InChI=1S/C27H46O/c1-18(2)7-6-8-19(3)23-11-12-24-22-10-9-20-17-21(28)13-15-26(20,4)25(22)14-16-27(23,24)5/h9,18-19,21-25,28H,6-8,10-17H2,1-5H3/t19-,21+,22?,23-,24+,25+,26?,27?/m1/s1. The van der Waals surface area contributed by atoms with E-state index in [0.29, 0.717) is 10.8 Å². The molecule has 0 aromatic heterocycles. The van der Waals surface area contributed by atoms with E-state index in [9.17, 15) is 5.11 Å². The minimum Gasteiger partial charge on any atom is -0.393 e. The summed E-state index contributed by atoms with van der Waals surface area (Å²) < 4.78 is 0. The van der Waals surface area contributed by atoms with Gasteiger partial charge in [0.2, 0.25) is 0 Å². The number of aliphatic hydroxyl groups is 1. The molecular formula is C27H46O. The van der Waals surface area contributed by atoms with Crippen molar-refractivity contribution in [3.8, 4) is 0 Å². The van der Waals surface area contributed by atoms with Gasteiger partial charge < -0.3 is 5.11 Å². The molecule has 0 bridgehead atoms. The van der Waals surface area contributed by atoms with Crippen molar-refractivity contribution in [3.63, 3.8) is 0 Å². The van der Waals surface area contributed by atoms with Crippen LogP contribution in [0.5, 0.6) is 0 Å². The Labute approximate surface area is 174 Å². The van der Waals surface area contributed by atoms with Crippen LogP contribution in [0.2, 0.25) is 0 Å². The Morgan fingerprint density at radius 1 is 1.00 bits per heavy atom. The zero-order chi connectivity index (χ0) is 20.1. The molecule has 4 aliphatic carbocycles. The lowest BCUT2D eigenvalue weighted by atomic mass is 9.47. The molecule has 0 saturated heterocycles. The summed E-state index contributed by atoms with van der Waals surface area (Å²) in [6.07, 6.45) is 17.2. The Morgan fingerprint density at radius 2 is 1.79 bits per heavy atom. The summed E-state index contributed by atoms with van der Waals surface area (Å²) in [6.45, 7) is 12.6. The molecule has 4 aliphatic rings. The third-order valence-corrected chi connectivity index (χ3v) is 10.3. The third-order valence-electron chi connectivity index (χ3n) is 10.3. The van der Waals surface area contributed by atoms with E-state index >= 15 is 0 Å². The second kappa shape index (κ2) is 7.75. The average Bonchev–Trinajstić information content (AvgIpc) is 2.99. The Morgan fingerprint density at radius 3 is 2.54 bits per heavy atom. The maximum atomic E-state index is 10.2. The zero-order valence-corrected chi connectivity index (χ0v) is 19.3. The largest absolute Gasteiger partial charge is 0.393 e. The Balaban J connectivity index is 1.49. The normalized spacial score (nSPS) is 46.5. The highest BCUT2D eigenvalue weighted by Gasteiger charge is 2.59. The van der Waals surface area contributed by atoms with Gasteiger partial charge in [-0.25, -0.2) is 0 Å². The number of rotatable bonds is 5. The van der Waals surface area contributed by atoms with E-state index < -0.39 is 0 Å². The van der Waals surface area contributed by atoms with Crippen molar-refractivity contribution >= 4 is 0 Å². The Bertz CT molecular complexity index is 591. The van der Waals surface area contributed by atoms with Gasteiger partial charge in [0, 0.05) is 0 Å². The number of allylic oxidation sites excluding steroid dienone is 1. The number of fused-ring (bicyclic) bond motifs is 5. The molecule has 1 heteroatoms. The first-order valence-corrected chi connectivity index (χ1v) is 12.6. The minimum atomic E-state index is -0.0766. The van der Waals surface area contributed by atoms with Crippen molar-refractivity contribution in [1.29, 1.82) is 0 Å². The van der Waals surface area contributed by atoms with Gasteiger partial charge in [-0.3, -0.25) is 0 Å².